The zero-order chi connectivity index (χ0) is 23.0. The van der Waals surface area contributed by atoms with Crippen molar-refractivity contribution in [3.8, 4) is 23.4 Å². The molecule has 0 atom stereocenters. The van der Waals surface area contributed by atoms with Gasteiger partial charge in [0.2, 0.25) is 0 Å². The summed E-state index contributed by atoms with van der Waals surface area (Å²) < 4.78 is 26.4. The van der Waals surface area contributed by atoms with Gasteiger partial charge < -0.3 is 14.4 Å². The van der Waals surface area contributed by atoms with Gasteiger partial charge in [-0.3, -0.25) is 4.79 Å². The van der Waals surface area contributed by atoms with Crippen molar-refractivity contribution in [3.63, 3.8) is 0 Å². The Balaban J connectivity index is 1.64. The summed E-state index contributed by atoms with van der Waals surface area (Å²) in [5.74, 6) is 0.373. The van der Waals surface area contributed by atoms with E-state index in [1.54, 1.807) is 40.9 Å². The van der Waals surface area contributed by atoms with E-state index >= 15 is 0 Å². The molecule has 0 spiro atoms. The molecule has 3 heterocycles. The normalized spacial score (nSPS) is 12.6. The molecule has 3 aromatic rings. The molecule has 1 amide bonds. The van der Waals surface area contributed by atoms with Gasteiger partial charge in [0.05, 0.1) is 36.7 Å². The van der Waals surface area contributed by atoms with Crippen LogP contribution in [-0.4, -0.2) is 38.8 Å². The Bertz CT molecular complexity index is 1220. The number of rotatable bonds is 5. The second-order valence-electron chi connectivity index (χ2n) is 7.74. The summed E-state index contributed by atoms with van der Waals surface area (Å²) in [6.45, 7) is 5.92. The second kappa shape index (κ2) is 8.30. The monoisotopic (exact) mass is 435 g/mol. The number of amides is 1. The van der Waals surface area contributed by atoms with Crippen LogP contribution in [0, 0.1) is 24.1 Å². The van der Waals surface area contributed by atoms with Gasteiger partial charge in [-0.1, -0.05) is 0 Å². The SMILES string of the molecule is COc1c(C#N)ccc(OC(C)C)c1C(=O)N1Cc2cn(-c3ccc(F)c(C)n3)nc2C1. The summed E-state index contributed by atoms with van der Waals surface area (Å²) in [5.41, 5.74) is 2.35. The molecule has 164 valence electrons. The molecule has 2 aromatic heterocycles. The topological polar surface area (TPSA) is 93.3 Å². The lowest BCUT2D eigenvalue weighted by Gasteiger charge is -2.21. The van der Waals surface area contributed by atoms with Crippen LogP contribution >= 0.6 is 0 Å². The molecule has 32 heavy (non-hydrogen) atoms. The van der Waals surface area contributed by atoms with Crippen molar-refractivity contribution in [2.75, 3.05) is 7.11 Å². The lowest BCUT2D eigenvalue weighted by molar-refractivity contribution is 0.0739. The molecule has 0 saturated carbocycles. The van der Waals surface area contributed by atoms with Gasteiger partial charge in [-0.25, -0.2) is 14.1 Å². The number of nitriles is 1. The first kappa shape index (κ1) is 21.3. The van der Waals surface area contributed by atoms with Crippen LogP contribution in [0.25, 0.3) is 5.82 Å². The summed E-state index contributed by atoms with van der Waals surface area (Å²) in [6, 6.07) is 8.16. The van der Waals surface area contributed by atoms with E-state index in [0.717, 1.165) is 11.3 Å². The van der Waals surface area contributed by atoms with Crippen molar-refractivity contribution in [1.29, 1.82) is 5.26 Å². The number of benzene rings is 1. The van der Waals surface area contributed by atoms with Gasteiger partial charge in [-0.15, -0.1) is 0 Å². The Hall–Kier alpha value is -3.93. The Morgan fingerprint density at radius 2 is 2.03 bits per heavy atom. The number of carbonyl (C=O) groups is 1. The fourth-order valence-electron chi connectivity index (χ4n) is 3.65. The zero-order valence-corrected chi connectivity index (χ0v) is 18.2. The summed E-state index contributed by atoms with van der Waals surface area (Å²) in [7, 11) is 1.42. The molecule has 9 heteroatoms. The summed E-state index contributed by atoms with van der Waals surface area (Å²) in [6.07, 6.45) is 1.63. The van der Waals surface area contributed by atoms with E-state index in [-0.39, 0.29) is 46.9 Å². The van der Waals surface area contributed by atoms with Gasteiger partial charge >= 0.3 is 0 Å². The van der Waals surface area contributed by atoms with Crippen molar-refractivity contribution in [2.45, 2.75) is 40.0 Å². The fraction of sp³-hybridized carbons (Fsp3) is 0.304. The Morgan fingerprint density at radius 1 is 1.25 bits per heavy atom. The van der Waals surface area contributed by atoms with Crippen molar-refractivity contribution in [2.24, 2.45) is 0 Å². The first-order valence-corrected chi connectivity index (χ1v) is 10.1. The predicted octanol–water partition coefficient (Wildman–Crippen LogP) is 3.54. The zero-order valence-electron chi connectivity index (χ0n) is 18.2. The molecule has 0 aliphatic carbocycles. The molecule has 0 radical (unpaired) electrons. The summed E-state index contributed by atoms with van der Waals surface area (Å²) >= 11 is 0. The molecular weight excluding hydrogens is 413 g/mol. The van der Waals surface area contributed by atoms with E-state index in [2.05, 4.69) is 16.2 Å². The van der Waals surface area contributed by atoms with E-state index in [9.17, 15) is 14.4 Å². The highest BCUT2D eigenvalue weighted by Gasteiger charge is 2.32. The first-order valence-electron chi connectivity index (χ1n) is 10.1. The average Bonchev–Trinajstić information content (AvgIpc) is 3.34. The van der Waals surface area contributed by atoms with Crippen LogP contribution in [0.4, 0.5) is 4.39 Å². The van der Waals surface area contributed by atoms with Crippen LogP contribution in [-0.2, 0) is 13.1 Å². The van der Waals surface area contributed by atoms with Crippen LogP contribution in [0.2, 0.25) is 0 Å². The Labute approximate surface area is 184 Å². The number of pyridine rings is 1. The second-order valence-corrected chi connectivity index (χ2v) is 7.74. The lowest BCUT2D eigenvalue weighted by atomic mass is 10.1. The highest BCUT2D eigenvalue weighted by molar-refractivity contribution is 6.00. The number of aromatic nitrogens is 3. The highest BCUT2D eigenvalue weighted by atomic mass is 19.1. The highest BCUT2D eigenvalue weighted by Crippen LogP contribution is 2.36. The van der Waals surface area contributed by atoms with E-state index < -0.39 is 0 Å². The van der Waals surface area contributed by atoms with E-state index in [1.807, 2.05) is 13.8 Å². The number of carbonyl (C=O) groups excluding carboxylic acids is 1. The number of nitrogens with zero attached hydrogens (tertiary/aromatic N) is 5. The first-order chi connectivity index (χ1) is 15.3. The summed E-state index contributed by atoms with van der Waals surface area (Å²) in [4.78, 5) is 19.3. The predicted molar refractivity (Wildman–Crippen MR) is 113 cm³/mol. The fourth-order valence-corrected chi connectivity index (χ4v) is 3.65. The number of aryl methyl sites for hydroxylation is 1. The van der Waals surface area contributed by atoms with Gasteiger partial charge in [0, 0.05) is 18.3 Å². The number of ether oxygens (including phenoxy) is 2. The maximum absolute atomic E-state index is 13.5. The molecule has 0 N–H and O–H groups in total. The Morgan fingerprint density at radius 3 is 2.66 bits per heavy atom. The number of hydrogen-bond acceptors (Lipinski definition) is 6. The largest absolute Gasteiger partial charge is 0.494 e. The van der Waals surface area contributed by atoms with Crippen LogP contribution < -0.4 is 9.47 Å². The quantitative estimate of drug-likeness (QED) is 0.609. The Kier molecular flexibility index (Phi) is 5.53. The van der Waals surface area contributed by atoms with E-state index in [1.165, 1.54) is 13.2 Å². The molecule has 1 aliphatic rings. The van der Waals surface area contributed by atoms with Crippen molar-refractivity contribution < 1.29 is 18.7 Å². The van der Waals surface area contributed by atoms with Gasteiger partial charge in [0.1, 0.15) is 23.2 Å². The van der Waals surface area contributed by atoms with Gasteiger partial charge in [-0.2, -0.15) is 10.4 Å². The van der Waals surface area contributed by atoms with Gasteiger partial charge in [0.15, 0.2) is 11.6 Å². The molecule has 8 nitrogen and oxygen atoms in total. The average molecular weight is 435 g/mol. The minimum absolute atomic E-state index is 0.163. The van der Waals surface area contributed by atoms with Crippen LogP contribution in [0.5, 0.6) is 11.5 Å². The van der Waals surface area contributed by atoms with Gasteiger partial charge in [0.25, 0.3) is 5.91 Å². The third kappa shape index (κ3) is 3.75. The number of halogens is 1. The minimum atomic E-state index is -0.377. The third-order valence-corrected chi connectivity index (χ3v) is 5.13. The molecule has 0 bridgehead atoms. The molecule has 1 aliphatic heterocycles. The number of hydrogen-bond donors (Lipinski definition) is 0. The number of fused-ring (bicyclic) bond motifs is 1. The smallest absolute Gasteiger partial charge is 0.262 e. The number of methoxy groups -OCH3 is 1. The van der Waals surface area contributed by atoms with Crippen molar-refractivity contribution in [1.82, 2.24) is 19.7 Å². The standard InChI is InChI=1S/C23H22FN5O3/c1-13(2)32-19-7-5-15(9-25)22(31-4)21(19)23(30)28-10-16-11-29(27-18(16)12-28)20-8-6-17(24)14(3)26-20/h5-8,11,13H,10,12H2,1-4H3. The van der Waals surface area contributed by atoms with E-state index in [4.69, 9.17) is 9.47 Å². The van der Waals surface area contributed by atoms with Crippen LogP contribution in [0.15, 0.2) is 30.5 Å². The van der Waals surface area contributed by atoms with Crippen LogP contribution in [0.3, 0.4) is 0 Å². The van der Waals surface area contributed by atoms with Crippen molar-refractivity contribution >= 4 is 5.91 Å². The lowest BCUT2D eigenvalue weighted by Crippen LogP contribution is -2.27. The van der Waals surface area contributed by atoms with Gasteiger partial charge in [-0.05, 0) is 45.0 Å². The van der Waals surface area contributed by atoms with E-state index in [0.29, 0.717) is 18.1 Å². The third-order valence-electron chi connectivity index (χ3n) is 5.13. The minimum Gasteiger partial charge on any atom is -0.494 e. The van der Waals surface area contributed by atoms with Crippen molar-refractivity contribution in [3.05, 3.63) is 64.4 Å². The molecule has 0 fully saturated rings. The van der Waals surface area contributed by atoms with Crippen LogP contribution in [0.1, 0.15) is 46.7 Å². The molecular formula is C23H22FN5O3. The maximum atomic E-state index is 13.5. The molecule has 1 aromatic carbocycles. The molecule has 4 rings (SSSR count). The maximum Gasteiger partial charge on any atom is 0.262 e. The molecule has 0 unspecified atom stereocenters. The molecule has 0 saturated heterocycles. The summed E-state index contributed by atoms with van der Waals surface area (Å²) in [5, 5.41) is 14.0.